The van der Waals surface area contributed by atoms with Gasteiger partial charge in [0, 0.05) is 12.8 Å². The SMILES string of the molecule is CCCCC/C=C\C/C=C\CCCCCCCC(=O)OCCCCCCCCCCCCCC/C=C\CCCCCCCCCCC(=O)NC(CO)C(O)CCCCCCCCCCC. The molecule has 3 N–H and O–H groups in total. The minimum Gasteiger partial charge on any atom is -0.466 e. The van der Waals surface area contributed by atoms with Gasteiger partial charge in [0.2, 0.25) is 5.91 Å². The number of carbonyl (C=O) groups is 2. The van der Waals surface area contributed by atoms with Crippen molar-refractivity contribution in [1.82, 2.24) is 5.32 Å². The standard InChI is InChI=1S/C59H111NO5/c1-3-5-7-9-11-13-14-15-26-30-33-37-41-45-49-53-59(64)65-54-50-46-42-38-34-31-28-25-23-21-19-17-16-18-20-22-24-27-29-32-36-40-44-48-52-58(63)60-56(55-61)57(62)51-47-43-39-35-12-10-8-6-4-2/h11,13,15,18,20,26,56-57,61-62H,3-10,12,14,16-17,19,21-25,27-55H2,1-2H3,(H,60,63)/b13-11-,20-18-,26-15-. The van der Waals surface area contributed by atoms with E-state index in [4.69, 9.17) is 4.74 Å². The molecule has 2 unspecified atom stereocenters. The van der Waals surface area contributed by atoms with Crippen LogP contribution in [0.3, 0.4) is 0 Å². The molecule has 0 bridgehead atoms. The maximum Gasteiger partial charge on any atom is 0.305 e. The van der Waals surface area contributed by atoms with Gasteiger partial charge in [0.1, 0.15) is 0 Å². The molecule has 0 aromatic carbocycles. The highest BCUT2D eigenvalue weighted by Gasteiger charge is 2.20. The lowest BCUT2D eigenvalue weighted by Gasteiger charge is -2.22. The van der Waals surface area contributed by atoms with E-state index >= 15 is 0 Å². The van der Waals surface area contributed by atoms with Crippen molar-refractivity contribution >= 4 is 11.9 Å². The topological polar surface area (TPSA) is 95.9 Å². The number of carbonyl (C=O) groups excluding carboxylic acids is 2. The van der Waals surface area contributed by atoms with Crippen LogP contribution in [-0.2, 0) is 14.3 Å². The fourth-order valence-electron chi connectivity index (χ4n) is 8.72. The quantitative estimate of drug-likeness (QED) is 0.0321. The zero-order chi connectivity index (χ0) is 47.2. The second-order valence-corrected chi connectivity index (χ2v) is 19.6. The lowest BCUT2D eigenvalue weighted by Crippen LogP contribution is -2.45. The van der Waals surface area contributed by atoms with E-state index in [0.29, 0.717) is 25.9 Å². The van der Waals surface area contributed by atoms with Crippen LogP contribution in [0.5, 0.6) is 0 Å². The predicted molar refractivity (Wildman–Crippen MR) is 283 cm³/mol. The van der Waals surface area contributed by atoms with Gasteiger partial charge < -0.3 is 20.3 Å². The summed E-state index contributed by atoms with van der Waals surface area (Å²) in [6.07, 6.45) is 67.2. The van der Waals surface area contributed by atoms with Gasteiger partial charge in [-0.15, -0.1) is 0 Å². The molecule has 1 amide bonds. The van der Waals surface area contributed by atoms with Crippen LogP contribution in [0.25, 0.3) is 0 Å². The highest BCUT2D eigenvalue weighted by molar-refractivity contribution is 5.76. The van der Waals surface area contributed by atoms with Crippen molar-refractivity contribution in [1.29, 1.82) is 0 Å². The van der Waals surface area contributed by atoms with Crippen molar-refractivity contribution < 1.29 is 24.5 Å². The Hall–Kier alpha value is -1.92. The predicted octanol–water partition coefficient (Wildman–Crippen LogP) is 17.6. The van der Waals surface area contributed by atoms with Crippen molar-refractivity contribution in [2.45, 2.75) is 315 Å². The number of aliphatic hydroxyl groups is 2. The Kier molecular flexibility index (Phi) is 53.1. The molecule has 0 spiro atoms. The van der Waals surface area contributed by atoms with Gasteiger partial charge in [0.25, 0.3) is 0 Å². The third-order valence-electron chi connectivity index (χ3n) is 13.2. The molecule has 0 aliphatic carbocycles. The molecule has 0 saturated heterocycles. The molecule has 65 heavy (non-hydrogen) atoms. The van der Waals surface area contributed by atoms with Gasteiger partial charge in [-0.2, -0.15) is 0 Å². The van der Waals surface area contributed by atoms with Crippen LogP contribution in [0.1, 0.15) is 303 Å². The summed E-state index contributed by atoms with van der Waals surface area (Å²) in [5, 5.41) is 23.1. The fraction of sp³-hybridized carbons (Fsp3) is 0.864. The van der Waals surface area contributed by atoms with Crippen LogP contribution in [0.15, 0.2) is 36.5 Å². The number of nitrogens with one attached hydrogen (secondary N) is 1. The molecule has 6 heteroatoms. The van der Waals surface area contributed by atoms with Crippen molar-refractivity contribution in [2.24, 2.45) is 0 Å². The maximum atomic E-state index is 12.4. The normalized spacial score (nSPS) is 12.9. The highest BCUT2D eigenvalue weighted by atomic mass is 16.5. The molecule has 0 fully saturated rings. The summed E-state index contributed by atoms with van der Waals surface area (Å²) in [6.45, 7) is 4.90. The Balaban J connectivity index is 3.38. The zero-order valence-corrected chi connectivity index (χ0v) is 43.5. The van der Waals surface area contributed by atoms with E-state index in [-0.39, 0.29) is 18.5 Å². The summed E-state index contributed by atoms with van der Waals surface area (Å²) >= 11 is 0. The summed E-state index contributed by atoms with van der Waals surface area (Å²) in [5.41, 5.74) is 0. The summed E-state index contributed by atoms with van der Waals surface area (Å²) in [7, 11) is 0. The average molecular weight is 915 g/mol. The van der Waals surface area contributed by atoms with Crippen LogP contribution in [-0.4, -0.2) is 47.4 Å². The molecule has 0 aromatic rings. The van der Waals surface area contributed by atoms with Crippen molar-refractivity contribution in [3.8, 4) is 0 Å². The number of hydrogen-bond acceptors (Lipinski definition) is 5. The highest BCUT2D eigenvalue weighted by Crippen LogP contribution is 2.16. The minimum absolute atomic E-state index is 0.00191. The Morgan fingerprint density at radius 1 is 0.431 bits per heavy atom. The molecule has 0 saturated carbocycles. The number of allylic oxidation sites excluding steroid dienone is 6. The molecule has 0 rings (SSSR count). The molecule has 6 nitrogen and oxygen atoms in total. The van der Waals surface area contributed by atoms with E-state index in [0.717, 1.165) is 51.4 Å². The maximum absolute atomic E-state index is 12.4. The summed E-state index contributed by atoms with van der Waals surface area (Å²) in [6, 6.07) is -0.543. The first kappa shape index (κ1) is 63.1. The van der Waals surface area contributed by atoms with Crippen LogP contribution < -0.4 is 5.32 Å². The number of aliphatic hydroxyl groups excluding tert-OH is 2. The molecule has 2 atom stereocenters. The monoisotopic (exact) mass is 914 g/mol. The van der Waals surface area contributed by atoms with Crippen molar-refractivity contribution in [3.05, 3.63) is 36.5 Å². The van der Waals surface area contributed by atoms with Crippen LogP contribution in [0, 0.1) is 0 Å². The lowest BCUT2D eigenvalue weighted by atomic mass is 10.0. The summed E-state index contributed by atoms with van der Waals surface area (Å²) in [5.74, 6) is -0.0441. The molecule has 0 heterocycles. The first-order valence-corrected chi connectivity index (χ1v) is 28.7. The van der Waals surface area contributed by atoms with Crippen LogP contribution in [0.2, 0.25) is 0 Å². The van der Waals surface area contributed by atoms with Crippen molar-refractivity contribution in [3.63, 3.8) is 0 Å². The minimum atomic E-state index is -0.665. The first-order chi connectivity index (χ1) is 32.0. The number of amides is 1. The van der Waals surface area contributed by atoms with Crippen LogP contribution in [0.4, 0.5) is 0 Å². The lowest BCUT2D eigenvalue weighted by molar-refractivity contribution is -0.143. The molecule has 0 aliphatic rings. The van der Waals surface area contributed by atoms with Gasteiger partial charge in [-0.3, -0.25) is 9.59 Å². The van der Waals surface area contributed by atoms with Crippen molar-refractivity contribution in [2.75, 3.05) is 13.2 Å². The average Bonchev–Trinajstić information content (AvgIpc) is 3.31. The molecular weight excluding hydrogens is 803 g/mol. The Bertz CT molecular complexity index is 1060. The third-order valence-corrected chi connectivity index (χ3v) is 13.2. The smallest absolute Gasteiger partial charge is 0.305 e. The fourth-order valence-corrected chi connectivity index (χ4v) is 8.72. The van der Waals surface area contributed by atoms with E-state index in [9.17, 15) is 19.8 Å². The van der Waals surface area contributed by atoms with Gasteiger partial charge in [-0.25, -0.2) is 0 Å². The largest absolute Gasteiger partial charge is 0.466 e. The van der Waals surface area contributed by atoms with Gasteiger partial charge in [-0.05, 0) is 83.5 Å². The van der Waals surface area contributed by atoms with E-state index < -0.39 is 12.1 Å². The number of ether oxygens (including phenoxy) is 1. The molecule has 382 valence electrons. The molecular formula is C59H111NO5. The summed E-state index contributed by atoms with van der Waals surface area (Å²) in [4.78, 5) is 24.4. The van der Waals surface area contributed by atoms with E-state index in [1.807, 2.05) is 0 Å². The Labute approximate surface area is 404 Å². The van der Waals surface area contributed by atoms with Crippen LogP contribution >= 0.6 is 0 Å². The van der Waals surface area contributed by atoms with E-state index in [2.05, 4.69) is 55.6 Å². The Morgan fingerprint density at radius 3 is 1.22 bits per heavy atom. The third kappa shape index (κ3) is 51.3. The number of esters is 1. The number of hydrogen-bond donors (Lipinski definition) is 3. The molecule has 0 aromatic heterocycles. The van der Waals surface area contributed by atoms with E-state index in [1.165, 1.54) is 218 Å². The number of unbranched alkanes of at least 4 members (excludes halogenated alkanes) is 36. The Morgan fingerprint density at radius 2 is 0.769 bits per heavy atom. The second kappa shape index (κ2) is 54.7. The second-order valence-electron chi connectivity index (χ2n) is 19.6. The van der Waals surface area contributed by atoms with Gasteiger partial charge in [-0.1, -0.05) is 243 Å². The zero-order valence-electron chi connectivity index (χ0n) is 43.5. The van der Waals surface area contributed by atoms with Gasteiger partial charge in [0.15, 0.2) is 0 Å². The van der Waals surface area contributed by atoms with Gasteiger partial charge >= 0.3 is 5.97 Å². The first-order valence-electron chi connectivity index (χ1n) is 28.7. The van der Waals surface area contributed by atoms with Gasteiger partial charge in [0.05, 0.1) is 25.4 Å². The van der Waals surface area contributed by atoms with E-state index in [1.54, 1.807) is 0 Å². The molecule has 0 radical (unpaired) electrons. The number of rotatable bonds is 53. The molecule has 0 aliphatic heterocycles. The summed E-state index contributed by atoms with van der Waals surface area (Å²) < 4.78 is 5.47.